The lowest BCUT2D eigenvalue weighted by molar-refractivity contribution is 0.112. The summed E-state index contributed by atoms with van der Waals surface area (Å²) >= 11 is 0. The Morgan fingerprint density at radius 3 is 1.95 bits per heavy atom. The lowest BCUT2D eigenvalue weighted by Crippen LogP contribution is -2.11. The first-order valence-corrected chi connectivity index (χ1v) is 7.00. The molecule has 0 amide bonds. The predicted octanol–water partition coefficient (Wildman–Crippen LogP) is 1.12. The van der Waals surface area contributed by atoms with Crippen molar-refractivity contribution in [3.8, 4) is 5.75 Å². The maximum absolute atomic E-state index is 10.7. The molecule has 2 rings (SSSR count). The zero-order valence-corrected chi connectivity index (χ0v) is 11.2. The summed E-state index contributed by atoms with van der Waals surface area (Å²) in [6.45, 7) is 0. The van der Waals surface area contributed by atoms with Gasteiger partial charge in [-0.05, 0) is 36.4 Å². The third-order valence-corrected chi connectivity index (χ3v) is 3.20. The number of phenolic OH excluding ortho intramolecular Hbond substituents is 1. The summed E-state index contributed by atoms with van der Waals surface area (Å²) in [5, 5.41) is 13.7. The molecule has 0 aliphatic carbocycles. The summed E-state index contributed by atoms with van der Waals surface area (Å²) < 4.78 is 21.4. The van der Waals surface area contributed by atoms with Crippen LogP contribution in [0.3, 0.4) is 0 Å². The fourth-order valence-corrected chi connectivity index (χ4v) is 1.76. The highest BCUT2D eigenvalue weighted by Crippen LogP contribution is 2.11. The van der Waals surface area contributed by atoms with E-state index in [1.807, 2.05) is 0 Å². The van der Waals surface area contributed by atoms with E-state index >= 15 is 0 Å². The van der Waals surface area contributed by atoms with Crippen LogP contribution in [0.25, 0.3) is 0 Å². The van der Waals surface area contributed by atoms with Crippen LogP contribution in [0.15, 0.2) is 53.4 Å². The fourth-order valence-electron chi connectivity index (χ4n) is 1.24. The Kier molecular flexibility index (Phi) is 5.24. The SMILES string of the molecule is Nc1ccc(S(N)(=O)=O)cc1.O=Cc1ccccc1O. The van der Waals surface area contributed by atoms with Gasteiger partial charge in [-0.3, -0.25) is 4.79 Å². The van der Waals surface area contributed by atoms with Crippen LogP contribution in [0.5, 0.6) is 5.75 Å². The Labute approximate surface area is 116 Å². The average Bonchev–Trinajstić information content (AvgIpc) is 2.39. The molecule has 0 fully saturated rings. The van der Waals surface area contributed by atoms with Gasteiger partial charge in [-0.15, -0.1) is 0 Å². The molecule has 0 unspecified atom stereocenters. The van der Waals surface area contributed by atoms with Crippen molar-refractivity contribution in [1.82, 2.24) is 0 Å². The van der Waals surface area contributed by atoms with Gasteiger partial charge in [0.1, 0.15) is 5.75 Å². The van der Waals surface area contributed by atoms with Crippen molar-refractivity contribution in [2.45, 2.75) is 4.90 Å². The molecule has 0 atom stereocenters. The summed E-state index contributed by atoms with van der Waals surface area (Å²) in [6.07, 6.45) is 0.620. The maximum atomic E-state index is 10.7. The van der Waals surface area contributed by atoms with Crippen LogP contribution in [0, 0.1) is 0 Å². The number of nitrogens with two attached hydrogens (primary N) is 2. The Bertz CT molecular complexity index is 682. The Balaban J connectivity index is 0.000000204. The number of aldehydes is 1. The highest BCUT2D eigenvalue weighted by atomic mass is 32.2. The summed E-state index contributed by atoms with van der Waals surface area (Å²) in [5.74, 6) is 0.0347. The van der Waals surface area contributed by atoms with E-state index in [0.717, 1.165) is 0 Å². The molecular formula is C13H14N2O4S. The summed E-state index contributed by atoms with van der Waals surface area (Å²) in [5.41, 5.74) is 6.18. The lowest BCUT2D eigenvalue weighted by Gasteiger charge is -1.96. The van der Waals surface area contributed by atoms with Crippen molar-refractivity contribution in [3.05, 3.63) is 54.1 Å². The second-order valence-corrected chi connectivity index (χ2v) is 5.35. The number of rotatable bonds is 2. The number of hydrogen-bond acceptors (Lipinski definition) is 5. The molecule has 0 heterocycles. The zero-order chi connectivity index (χ0) is 15.2. The van der Waals surface area contributed by atoms with Crippen LogP contribution >= 0.6 is 0 Å². The Morgan fingerprint density at radius 1 is 1.00 bits per heavy atom. The van der Waals surface area contributed by atoms with E-state index in [0.29, 0.717) is 17.5 Å². The normalized spacial score (nSPS) is 10.2. The number of phenols is 1. The molecule has 106 valence electrons. The van der Waals surface area contributed by atoms with Gasteiger partial charge in [-0.2, -0.15) is 0 Å². The van der Waals surface area contributed by atoms with Gasteiger partial charge in [0, 0.05) is 5.69 Å². The molecular weight excluding hydrogens is 280 g/mol. The molecule has 2 aromatic carbocycles. The van der Waals surface area contributed by atoms with Crippen LogP contribution in [-0.4, -0.2) is 19.8 Å². The number of nitrogen functional groups attached to an aromatic ring is 1. The third kappa shape index (κ3) is 4.71. The van der Waals surface area contributed by atoms with Crippen molar-refractivity contribution in [2.75, 3.05) is 5.73 Å². The van der Waals surface area contributed by atoms with Gasteiger partial charge in [-0.25, -0.2) is 13.6 Å². The number of sulfonamides is 1. The molecule has 5 N–H and O–H groups in total. The van der Waals surface area contributed by atoms with Crippen molar-refractivity contribution in [3.63, 3.8) is 0 Å². The molecule has 7 heteroatoms. The van der Waals surface area contributed by atoms with Gasteiger partial charge in [-0.1, -0.05) is 12.1 Å². The summed E-state index contributed by atoms with van der Waals surface area (Å²) in [7, 11) is -3.58. The lowest BCUT2D eigenvalue weighted by atomic mass is 10.2. The summed E-state index contributed by atoms with van der Waals surface area (Å²) in [6, 6.07) is 12.1. The second kappa shape index (κ2) is 6.69. The van der Waals surface area contributed by atoms with Crippen LogP contribution in [0.1, 0.15) is 10.4 Å². The van der Waals surface area contributed by atoms with Crippen molar-refractivity contribution in [2.24, 2.45) is 5.14 Å². The number of primary sulfonamides is 1. The first-order chi connectivity index (χ1) is 9.34. The second-order valence-electron chi connectivity index (χ2n) is 3.79. The van der Waals surface area contributed by atoms with Gasteiger partial charge in [0.25, 0.3) is 0 Å². The first kappa shape index (κ1) is 15.7. The fraction of sp³-hybridized carbons (Fsp3) is 0. The average molecular weight is 294 g/mol. The molecule has 0 saturated heterocycles. The topological polar surface area (TPSA) is 123 Å². The van der Waals surface area contributed by atoms with Crippen LogP contribution in [0.4, 0.5) is 5.69 Å². The molecule has 0 bridgehead atoms. The number of para-hydroxylation sites is 1. The largest absolute Gasteiger partial charge is 0.507 e. The van der Waals surface area contributed by atoms with Gasteiger partial charge in [0.15, 0.2) is 6.29 Å². The maximum Gasteiger partial charge on any atom is 0.238 e. The highest BCUT2D eigenvalue weighted by molar-refractivity contribution is 7.89. The van der Waals surface area contributed by atoms with Gasteiger partial charge >= 0.3 is 0 Å². The van der Waals surface area contributed by atoms with E-state index < -0.39 is 10.0 Å². The van der Waals surface area contributed by atoms with Crippen LogP contribution < -0.4 is 10.9 Å². The van der Waals surface area contributed by atoms with Crippen molar-refractivity contribution >= 4 is 22.0 Å². The van der Waals surface area contributed by atoms with E-state index in [4.69, 9.17) is 16.0 Å². The minimum atomic E-state index is -3.58. The molecule has 0 aliphatic rings. The summed E-state index contributed by atoms with van der Waals surface area (Å²) in [4.78, 5) is 10.1. The van der Waals surface area contributed by atoms with E-state index in [-0.39, 0.29) is 10.6 Å². The smallest absolute Gasteiger partial charge is 0.238 e. The molecule has 0 radical (unpaired) electrons. The molecule has 0 aliphatic heterocycles. The molecule has 20 heavy (non-hydrogen) atoms. The predicted molar refractivity (Wildman–Crippen MR) is 75.7 cm³/mol. The standard InChI is InChI=1S/C7H6O2.C6H8N2O2S/c8-5-6-3-1-2-4-7(6)9;7-5-1-3-6(4-2-5)11(8,9)10/h1-5,9H;1-4H,7H2,(H2,8,9,10). The monoisotopic (exact) mass is 294 g/mol. The van der Waals surface area contributed by atoms with E-state index in [9.17, 15) is 13.2 Å². The van der Waals surface area contributed by atoms with Crippen molar-refractivity contribution in [1.29, 1.82) is 0 Å². The molecule has 0 spiro atoms. The van der Waals surface area contributed by atoms with Crippen LogP contribution in [-0.2, 0) is 10.0 Å². The van der Waals surface area contributed by atoms with Gasteiger partial charge in [0.2, 0.25) is 10.0 Å². The minimum Gasteiger partial charge on any atom is -0.507 e. The highest BCUT2D eigenvalue weighted by Gasteiger charge is 2.04. The molecule has 0 aromatic heterocycles. The number of anilines is 1. The van der Waals surface area contributed by atoms with Gasteiger partial charge in [0.05, 0.1) is 10.5 Å². The molecule has 2 aromatic rings. The number of aromatic hydroxyl groups is 1. The van der Waals surface area contributed by atoms with Crippen molar-refractivity contribution < 1.29 is 18.3 Å². The van der Waals surface area contributed by atoms with Crippen LogP contribution in [0.2, 0.25) is 0 Å². The number of carbonyl (C=O) groups is 1. The quantitative estimate of drug-likeness (QED) is 0.565. The van der Waals surface area contributed by atoms with E-state index in [1.54, 1.807) is 18.2 Å². The van der Waals surface area contributed by atoms with E-state index in [1.165, 1.54) is 30.3 Å². The number of hydrogen-bond donors (Lipinski definition) is 3. The molecule has 0 saturated carbocycles. The minimum absolute atomic E-state index is 0.0347. The zero-order valence-electron chi connectivity index (χ0n) is 10.4. The van der Waals surface area contributed by atoms with E-state index in [2.05, 4.69) is 0 Å². The van der Waals surface area contributed by atoms with Gasteiger partial charge < -0.3 is 10.8 Å². The number of benzene rings is 2. The first-order valence-electron chi connectivity index (χ1n) is 5.46. The Hall–Kier alpha value is -2.38. The Morgan fingerprint density at radius 2 is 1.55 bits per heavy atom. The molecule has 6 nitrogen and oxygen atoms in total. The number of carbonyl (C=O) groups excluding carboxylic acids is 1. The third-order valence-electron chi connectivity index (χ3n) is 2.27.